The van der Waals surface area contributed by atoms with Crippen molar-refractivity contribution >= 4 is 0 Å². The summed E-state index contributed by atoms with van der Waals surface area (Å²) in [5.74, 6) is 0. The summed E-state index contributed by atoms with van der Waals surface area (Å²) < 4.78 is 4.78. The first kappa shape index (κ1) is 11.8. The lowest BCUT2D eigenvalue weighted by atomic mass is 10.3. The zero-order chi connectivity index (χ0) is 9.94. The van der Waals surface area contributed by atoms with Gasteiger partial charge >= 0.3 is 0 Å². The zero-order valence-electron chi connectivity index (χ0n) is 8.71. The summed E-state index contributed by atoms with van der Waals surface area (Å²) in [5, 5.41) is 3.26. The number of hydrogen-bond acceptors (Lipinski definition) is 2. The molecule has 0 atom stereocenters. The number of nitrogens with one attached hydrogen (secondary N) is 1. The highest BCUT2D eigenvalue weighted by molar-refractivity contribution is 5.00. The Hall–Kier alpha value is -1.18. The van der Waals surface area contributed by atoms with Crippen LogP contribution in [0, 0.1) is 0 Å². The molecule has 0 aliphatic rings. The minimum atomic E-state index is 0.896. The standard InChI is InChI=1S/C11H19NO/c1-4-5-9-12-11(2)8-6-7-10-13-3/h4-5,7-8,10,12H,6,9H2,1-3H3/b5-4-,10-7+,11-8-. The van der Waals surface area contributed by atoms with Crippen LogP contribution in [0.1, 0.15) is 20.3 Å². The molecule has 1 N–H and O–H groups in total. The first-order chi connectivity index (χ1) is 6.31. The Morgan fingerprint density at radius 1 is 1.38 bits per heavy atom. The van der Waals surface area contributed by atoms with Gasteiger partial charge in [0.05, 0.1) is 13.4 Å². The number of hydrogen-bond donors (Lipinski definition) is 1. The number of allylic oxidation sites excluding steroid dienone is 4. The van der Waals surface area contributed by atoms with E-state index in [2.05, 4.69) is 24.4 Å². The van der Waals surface area contributed by atoms with E-state index in [0.717, 1.165) is 13.0 Å². The van der Waals surface area contributed by atoms with Gasteiger partial charge in [0, 0.05) is 12.2 Å². The Bertz CT molecular complexity index is 192. The lowest BCUT2D eigenvalue weighted by Crippen LogP contribution is -2.09. The lowest BCUT2D eigenvalue weighted by Gasteiger charge is -2.01. The normalized spacial score (nSPS) is 12.7. The molecular formula is C11H19NO. The number of methoxy groups -OCH3 is 1. The summed E-state index contributed by atoms with van der Waals surface area (Å²) >= 11 is 0. The fourth-order valence-electron chi connectivity index (χ4n) is 0.807. The van der Waals surface area contributed by atoms with Crippen molar-refractivity contribution in [1.82, 2.24) is 5.32 Å². The maximum Gasteiger partial charge on any atom is 0.0787 e. The minimum Gasteiger partial charge on any atom is -0.505 e. The highest BCUT2D eigenvalue weighted by Gasteiger charge is 1.82. The van der Waals surface area contributed by atoms with Gasteiger partial charge in [-0.1, -0.05) is 18.2 Å². The monoisotopic (exact) mass is 181 g/mol. The van der Waals surface area contributed by atoms with E-state index in [-0.39, 0.29) is 0 Å². The molecule has 0 aliphatic carbocycles. The maximum absolute atomic E-state index is 4.78. The van der Waals surface area contributed by atoms with Gasteiger partial charge in [-0.2, -0.15) is 0 Å². The first-order valence-electron chi connectivity index (χ1n) is 4.50. The van der Waals surface area contributed by atoms with Crippen molar-refractivity contribution in [2.75, 3.05) is 13.7 Å². The quantitative estimate of drug-likeness (QED) is 0.502. The average molecular weight is 181 g/mol. The topological polar surface area (TPSA) is 21.3 Å². The van der Waals surface area contributed by atoms with Crippen molar-refractivity contribution in [3.8, 4) is 0 Å². The Labute approximate surface area is 81.0 Å². The molecule has 0 aromatic rings. The molecule has 2 nitrogen and oxygen atoms in total. The van der Waals surface area contributed by atoms with Gasteiger partial charge < -0.3 is 10.1 Å². The Kier molecular flexibility index (Phi) is 8.10. The van der Waals surface area contributed by atoms with E-state index < -0.39 is 0 Å². The molecule has 74 valence electrons. The van der Waals surface area contributed by atoms with Crippen LogP contribution in [-0.2, 0) is 4.74 Å². The van der Waals surface area contributed by atoms with Gasteiger partial charge in [0.15, 0.2) is 0 Å². The van der Waals surface area contributed by atoms with Gasteiger partial charge in [-0.05, 0) is 26.3 Å². The second-order valence-electron chi connectivity index (χ2n) is 2.68. The summed E-state index contributed by atoms with van der Waals surface area (Å²) in [6.45, 7) is 4.97. The Morgan fingerprint density at radius 2 is 2.15 bits per heavy atom. The van der Waals surface area contributed by atoms with Crippen LogP contribution >= 0.6 is 0 Å². The van der Waals surface area contributed by atoms with Crippen molar-refractivity contribution in [3.05, 3.63) is 36.3 Å². The predicted octanol–water partition coefficient (Wildman–Crippen LogP) is 2.61. The predicted molar refractivity (Wildman–Crippen MR) is 57.3 cm³/mol. The van der Waals surface area contributed by atoms with Crippen molar-refractivity contribution in [3.63, 3.8) is 0 Å². The third kappa shape index (κ3) is 8.73. The SMILES string of the molecule is C/C=C\CN/C(C)=C\C/C=C/OC. The lowest BCUT2D eigenvalue weighted by molar-refractivity contribution is 0.337. The number of rotatable bonds is 6. The molecule has 0 heterocycles. The van der Waals surface area contributed by atoms with E-state index in [1.54, 1.807) is 13.4 Å². The summed E-state index contributed by atoms with van der Waals surface area (Å²) in [6, 6.07) is 0. The van der Waals surface area contributed by atoms with E-state index in [9.17, 15) is 0 Å². The van der Waals surface area contributed by atoms with Crippen LogP contribution in [0.3, 0.4) is 0 Å². The minimum absolute atomic E-state index is 0.896. The fraction of sp³-hybridized carbons (Fsp3) is 0.455. The maximum atomic E-state index is 4.78. The Balaban J connectivity index is 3.56. The third-order valence-electron chi connectivity index (χ3n) is 1.53. The summed E-state index contributed by atoms with van der Waals surface area (Å²) in [4.78, 5) is 0. The molecule has 0 saturated carbocycles. The molecule has 0 rings (SSSR count). The highest BCUT2D eigenvalue weighted by Crippen LogP contribution is 1.92. The van der Waals surface area contributed by atoms with Gasteiger partial charge in [-0.3, -0.25) is 0 Å². The van der Waals surface area contributed by atoms with Crippen LogP contribution in [0.25, 0.3) is 0 Å². The van der Waals surface area contributed by atoms with Gasteiger partial charge in [0.1, 0.15) is 0 Å². The van der Waals surface area contributed by atoms with Crippen molar-refractivity contribution in [2.24, 2.45) is 0 Å². The summed E-state index contributed by atoms with van der Waals surface area (Å²) in [7, 11) is 1.65. The van der Waals surface area contributed by atoms with E-state index in [1.165, 1.54) is 5.70 Å². The van der Waals surface area contributed by atoms with Crippen LogP contribution < -0.4 is 5.32 Å². The molecule has 0 aliphatic heterocycles. The van der Waals surface area contributed by atoms with Crippen molar-refractivity contribution in [1.29, 1.82) is 0 Å². The second-order valence-corrected chi connectivity index (χ2v) is 2.68. The fourth-order valence-corrected chi connectivity index (χ4v) is 0.807. The van der Waals surface area contributed by atoms with E-state index in [1.807, 2.05) is 19.1 Å². The Morgan fingerprint density at radius 3 is 2.77 bits per heavy atom. The molecule has 0 unspecified atom stereocenters. The molecule has 0 fully saturated rings. The van der Waals surface area contributed by atoms with Gasteiger partial charge in [-0.15, -0.1) is 0 Å². The van der Waals surface area contributed by atoms with E-state index >= 15 is 0 Å². The van der Waals surface area contributed by atoms with Gasteiger partial charge in [-0.25, -0.2) is 0 Å². The zero-order valence-corrected chi connectivity index (χ0v) is 8.71. The molecule has 0 radical (unpaired) electrons. The molecule has 2 heteroatoms. The molecule has 0 bridgehead atoms. The largest absolute Gasteiger partial charge is 0.505 e. The van der Waals surface area contributed by atoms with Crippen LogP contribution in [0.15, 0.2) is 36.3 Å². The average Bonchev–Trinajstić information content (AvgIpc) is 2.13. The summed E-state index contributed by atoms with van der Waals surface area (Å²) in [5.41, 5.74) is 1.19. The molecular weight excluding hydrogens is 162 g/mol. The smallest absolute Gasteiger partial charge is 0.0787 e. The summed E-state index contributed by atoms with van der Waals surface area (Å²) in [6.07, 6.45) is 10.8. The molecule has 0 aromatic carbocycles. The van der Waals surface area contributed by atoms with E-state index in [4.69, 9.17) is 4.74 Å². The molecule has 0 spiro atoms. The second kappa shape index (κ2) is 8.91. The van der Waals surface area contributed by atoms with Gasteiger partial charge in [0.25, 0.3) is 0 Å². The molecule has 0 saturated heterocycles. The number of ether oxygens (including phenoxy) is 1. The third-order valence-corrected chi connectivity index (χ3v) is 1.53. The van der Waals surface area contributed by atoms with Crippen molar-refractivity contribution < 1.29 is 4.74 Å². The van der Waals surface area contributed by atoms with Crippen LogP contribution in [0.5, 0.6) is 0 Å². The molecule has 13 heavy (non-hydrogen) atoms. The first-order valence-corrected chi connectivity index (χ1v) is 4.50. The van der Waals surface area contributed by atoms with Crippen LogP contribution in [-0.4, -0.2) is 13.7 Å². The van der Waals surface area contributed by atoms with E-state index in [0.29, 0.717) is 0 Å². The molecule has 0 aromatic heterocycles. The van der Waals surface area contributed by atoms with Crippen LogP contribution in [0.2, 0.25) is 0 Å². The van der Waals surface area contributed by atoms with Crippen LogP contribution in [0.4, 0.5) is 0 Å². The van der Waals surface area contributed by atoms with Crippen molar-refractivity contribution in [2.45, 2.75) is 20.3 Å². The highest BCUT2D eigenvalue weighted by atomic mass is 16.5. The molecule has 0 amide bonds. The van der Waals surface area contributed by atoms with Gasteiger partial charge in [0.2, 0.25) is 0 Å².